The summed E-state index contributed by atoms with van der Waals surface area (Å²) in [4.78, 5) is 18.4. The van der Waals surface area contributed by atoms with E-state index >= 15 is 0 Å². The number of halogens is 1. The minimum atomic E-state index is 0.375. The van der Waals surface area contributed by atoms with Crippen LogP contribution < -0.4 is 15.5 Å². The molecule has 1 saturated heterocycles. The molecule has 1 aromatic heterocycles. The summed E-state index contributed by atoms with van der Waals surface area (Å²) >= 11 is 11.9. The molecular weight excluding hydrogens is 490 g/mol. The number of anilines is 3. The first-order valence-electron chi connectivity index (χ1n) is 12.0. The highest BCUT2D eigenvalue weighted by atomic mass is 35.5. The fraction of sp³-hybridized carbons (Fsp3) is 0.333. The first-order valence-corrected chi connectivity index (χ1v) is 12.8. The largest absolute Gasteiger partial charge is 0.368 e. The molecule has 1 aliphatic heterocycles. The van der Waals surface area contributed by atoms with E-state index in [1.165, 1.54) is 22.4 Å². The molecule has 4 rings (SSSR count). The predicted molar refractivity (Wildman–Crippen MR) is 155 cm³/mol. The van der Waals surface area contributed by atoms with E-state index in [0.29, 0.717) is 17.0 Å². The molecule has 188 valence electrons. The molecule has 2 heterocycles. The van der Waals surface area contributed by atoms with E-state index in [4.69, 9.17) is 28.8 Å². The lowest BCUT2D eigenvalue weighted by Crippen LogP contribution is -2.51. The van der Waals surface area contributed by atoms with Crippen molar-refractivity contribution in [2.75, 3.05) is 41.7 Å². The van der Waals surface area contributed by atoms with Crippen LogP contribution in [-0.2, 0) is 0 Å². The molecule has 0 saturated carbocycles. The van der Waals surface area contributed by atoms with Gasteiger partial charge in [0.1, 0.15) is 0 Å². The van der Waals surface area contributed by atoms with Crippen LogP contribution in [0.15, 0.2) is 47.5 Å². The van der Waals surface area contributed by atoms with Crippen molar-refractivity contribution in [3.63, 3.8) is 0 Å². The molecule has 0 unspecified atom stereocenters. The van der Waals surface area contributed by atoms with Gasteiger partial charge in [-0.3, -0.25) is 5.32 Å². The van der Waals surface area contributed by atoms with Gasteiger partial charge in [0.2, 0.25) is 17.0 Å². The van der Waals surface area contributed by atoms with E-state index < -0.39 is 0 Å². The second kappa shape index (κ2) is 11.2. The van der Waals surface area contributed by atoms with Crippen molar-refractivity contribution in [2.24, 2.45) is 4.99 Å². The van der Waals surface area contributed by atoms with Crippen LogP contribution in [-0.4, -0.2) is 52.1 Å². The lowest BCUT2D eigenvalue weighted by molar-refractivity contribution is 0.385. The van der Waals surface area contributed by atoms with Crippen LogP contribution >= 0.6 is 23.8 Å². The molecule has 36 heavy (non-hydrogen) atoms. The van der Waals surface area contributed by atoms with Gasteiger partial charge >= 0.3 is 0 Å². The van der Waals surface area contributed by atoms with Crippen LogP contribution in [0.4, 0.5) is 17.3 Å². The highest BCUT2D eigenvalue weighted by molar-refractivity contribution is 7.80. The van der Waals surface area contributed by atoms with Gasteiger partial charge in [-0.05, 0) is 93.9 Å². The number of rotatable bonds is 3. The molecule has 2 N–H and O–H groups in total. The lowest BCUT2D eigenvalue weighted by atomic mass is 10.1. The van der Waals surface area contributed by atoms with E-state index in [2.05, 4.69) is 75.4 Å². The van der Waals surface area contributed by atoms with Crippen LogP contribution in [0.2, 0.25) is 5.02 Å². The van der Waals surface area contributed by atoms with E-state index in [1.54, 1.807) is 0 Å². The minimum absolute atomic E-state index is 0.375. The van der Waals surface area contributed by atoms with Gasteiger partial charge in [0.25, 0.3) is 0 Å². The first-order chi connectivity index (χ1) is 17.2. The van der Waals surface area contributed by atoms with Gasteiger partial charge in [0, 0.05) is 54.0 Å². The molecule has 3 aromatic rings. The SMILES string of the molecule is Cc1cc(C)cc(NC(=S)/N=C(/Nc2nc(C)cc(C)n2)N2CCN(c3cc(Cl)ccc3C)CC2)c1. The Labute approximate surface area is 223 Å². The molecule has 1 fully saturated rings. The second-order valence-corrected chi connectivity index (χ2v) is 10.1. The lowest BCUT2D eigenvalue weighted by Gasteiger charge is -2.38. The maximum Gasteiger partial charge on any atom is 0.229 e. The second-order valence-electron chi connectivity index (χ2n) is 9.25. The van der Waals surface area contributed by atoms with Crippen LogP contribution in [0.3, 0.4) is 0 Å². The number of aliphatic imine (C=N–C) groups is 1. The summed E-state index contributed by atoms with van der Waals surface area (Å²) in [6.07, 6.45) is 0. The number of thiocarbonyl (C=S) groups is 1. The Morgan fingerprint density at radius 3 is 2.14 bits per heavy atom. The average Bonchev–Trinajstić information content (AvgIpc) is 2.79. The molecule has 9 heteroatoms. The normalized spacial score (nSPS) is 14.1. The van der Waals surface area contributed by atoms with Crippen molar-refractivity contribution in [1.82, 2.24) is 14.9 Å². The number of nitrogens with zero attached hydrogens (tertiary/aromatic N) is 5. The number of aromatic nitrogens is 2. The van der Waals surface area contributed by atoms with Gasteiger partial charge in [-0.2, -0.15) is 4.99 Å². The smallest absolute Gasteiger partial charge is 0.229 e. The highest BCUT2D eigenvalue weighted by Gasteiger charge is 2.22. The summed E-state index contributed by atoms with van der Waals surface area (Å²) in [6, 6.07) is 14.2. The molecule has 0 spiro atoms. The molecule has 7 nitrogen and oxygen atoms in total. The van der Waals surface area contributed by atoms with Crippen molar-refractivity contribution >= 4 is 52.2 Å². The molecule has 0 amide bonds. The summed E-state index contributed by atoms with van der Waals surface area (Å²) in [5.74, 6) is 1.14. The van der Waals surface area contributed by atoms with Gasteiger partial charge < -0.3 is 15.1 Å². The Morgan fingerprint density at radius 2 is 1.50 bits per heavy atom. The topological polar surface area (TPSA) is 68.7 Å². The molecule has 0 atom stereocenters. The van der Waals surface area contributed by atoms with E-state index in [1.807, 2.05) is 32.0 Å². The van der Waals surface area contributed by atoms with Crippen molar-refractivity contribution < 1.29 is 0 Å². The highest BCUT2D eigenvalue weighted by Crippen LogP contribution is 2.25. The number of piperazine rings is 1. The molecular formula is C27H32ClN7S. The van der Waals surface area contributed by atoms with Crippen LogP contribution in [0.1, 0.15) is 28.1 Å². The summed E-state index contributed by atoms with van der Waals surface area (Å²) in [7, 11) is 0. The zero-order chi connectivity index (χ0) is 25.8. The summed E-state index contributed by atoms with van der Waals surface area (Å²) < 4.78 is 0. The zero-order valence-corrected chi connectivity index (χ0v) is 23.0. The van der Waals surface area contributed by atoms with Crippen molar-refractivity contribution in [1.29, 1.82) is 0 Å². The van der Waals surface area contributed by atoms with Crippen molar-refractivity contribution in [2.45, 2.75) is 34.6 Å². The van der Waals surface area contributed by atoms with Crippen LogP contribution in [0.5, 0.6) is 0 Å². The van der Waals surface area contributed by atoms with E-state index in [0.717, 1.165) is 48.3 Å². The maximum absolute atomic E-state index is 6.27. The third-order valence-corrected chi connectivity index (χ3v) is 6.41. The first kappa shape index (κ1) is 25.9. The monoisotopic (exact) mass is 521 g/mol. The Balaban J connectivity index is 1.56. The fourth-order valence-corrected chi connectivity index (χ4v) is 4.81. The van der Waals surface area contributed by atoms with Crippen LogP contribution in [0, 0.1) is 34.6 Å². The standard InChI is InChI=1S/C27H32ClN7S/c1-17-12-18(2)14-23(13-17)31-27(36)33-26(32-25-29-20(4)15-21(5)30-25)35-10-8-34(9-11-35)24-16-22(28)7-6-19(24)3/h6-7,12-16H,8-11H2,1-5H3,(H2,29,30,31,32,33,36). The predicted octanol–water partition coefficient (Wildman–Crippen LogP) is 5.66. The number of benzene rings is 2. The van der Waals surface area contributed by atoms with Gasteiger partial charge in [-0.15, -0.1) is 0 Å². The fourth-order valence-electron chi connectivity index (χ4n) is 4.44. The average molecular weight is 522 g/mol. The Hall–Kier alpha value is -3.23. The summed E-state index contributed by atoms with van der Waals surface area (Å²) in [5.41, 5.74) is 7.41. The van der Waals surface area contributed by atoms with Gasteiger partial charge in [0.05, 0.1) is 0 Å². The van der Waals surface area contributed by atoms with Crippen LogP contribution in [0.25, 0.3) is 0 Å². The van der Waals surface area contributed by atoms with Crippen molar-refractivity contribution in [3.8, 4) is 0 Å². The van der Waals surface area contributed by atoms with E-state index in [-0.39, 0.29) is 0 Å². The summed E-state index contributed by atoms with van der Waals surface area (Å²) in [6.45, 7) is 13.3. The number of guanidine groups is 1. The maximum atomic E-state index is 6.27. The molecule has 0 bridgehead atoms. The third-order valence-electron chi connectivity index (χ3n) is 5.98. The number of aryl methyl sites for hydroxylation is 5. The number of hydrogen-bond acceptors (Lipinski definition) is 4. The molecule has 0 radical (unpaired) electrons. The van der Waals surface area contributed by atoms with Gasteiger partial charge in [0.15, 0.2) is 0 Å². The Morgan fingerprint density at radius 1 is 0.861 bits per heavy atom. The number of nitrogens with one attached hydrogen (secondary N) is 2. The molecule has 1 aliphatic rings. The number of hydrogen-bond donors (Lipinski definition) is 2. The van der Waals surface area contributed by atoms with Gasteiger partial charge in [-0.1, -0.05) is 23.7 Å². The summed E-state index contributed by atoms with van der Waals surface area (Å²) in [5, 5.41) is 7.71. The zero-order valence-electron chi connectivity index (χ0n) is 21.4. The Kier molecular flexibility index (Phi) is 8.06. The molecule has 0 aliphatic carbocycles. The van der Waals surface area contributed by atoms with Crippen molar-refractivity contribution in [3.05, 3.63) is 75.6 Å². The minimum Gasteiger partial charge on any atom is -0.368 e. The molecule has 2 aromatic carbocycles. The quantitative estimate of drug-likeness (QED) is 0.262. The Bertz CT molecular complexity index is 1260. The van der Waals surface area contributed by atoms with E-state index in [9.17, 15) is 0 Å². The third kappa shape index (κ3) is 6.71. The van der Waals surface area contributed by atoms with Gasteiger partial charge in [-0.25, -0.2) is 9.97 Å².